The van der Waals surface area contributed by atoms with E-state index in [1.807, 2.05) is 12.2 Å². The lowest BCUT2D eigenvalue weighted by atomic mass is 10.2. The van der Waals surface area contributed by atoms with Crippen LogP contribution in [0, 0.1) is 0 Å². The summed E-state index contributed by atoms with van der Waals surface area (Å²) in [5.41, 5.74) is 5.28. The van der Waals surface area contributed by atoms with Gasteiger partial charge in [-0.3, -0.25) is 0 Å². The van der Waals surface area contributed by atoms with E-state index in [-0.39, 0.29) is 0 Å². The second-order valence-corrected chi connectivity index (χ2v) is 3.20. The number of ether oxygens (including phenoxy) is 1. The van der Waals surface area contributed by atoms with Crippen molar-refractivity contribution in [2.24, 2.45) is 5.73 Å². The third kappa shape index (κ3) is 11.7. The molecule has 0 bridgehead atoms. The summed E-state index contributed by atoms with van der Waals surface area (Å²) in [6.45, 7) is 4.44. The Morgan fingerprint density at radius 3 is 2.54 bits per heavy atom. The van der Waals surface area contributed by atoms with Crippen LogP contribution in [0.3, 0.4) is 0 Å². The van der Waals surface area contributed by atoms with Crippen LogP contribution in [0.2, 0.25) is 0 Å². The van der Waals surface area contributed by atoms with E-state index < -0.39 is 0 Å². The first-order valence-electron chi connectivity index (χ1n) is 5.34. The first-order valence-corrected chi connectivity index (χ1v) is 5.34. The highest BCUT2D eigenvalue weighted by molar-refractivity contribution is 4.81. The highest BCUT2D eigenvalue weighted by Gasteiger charge is 1.88. The normalized spacial score (nSPS) is 11.2. The standard InChI is InChI=1S/C11H23NO/c1-2-3-4-5-7-10-13-11-8-6-9-12/h6,8H,2-5,7,9-12H2,1H3. The average Bonchev–Trinajstić information content (AvgIpc) is 2.16. The van der Waals surface area contributed by atoms with E-state index in [2.05, 4.69) is 6.92 Å². The Labute approximate surface area is 82.2 Å². The fourth-order valence-electron chi connectivity index (χ4n) is 1.12. The Hall–Kier alpha value is -0.340. The van der Waals surface area contributed by atoms with E-state index in [4.69, 9.17) is 10.5 Å². The molecule has 0 aliphatic heterocycles. The van der Waals surface area contributed by atoms with Crippen molar-refractivity contribution in [2.75, 3.05) is 19.8 Å². The van der Waals surface area contributed by atoms with Gasteiger partial charge in [0.2, 0.25) is 0 Å². The zero-order valence-electron chi connectivity index (χ0n) is 8.80. The lowest BCUT2D eigenvalue weighted by Crippen LogP contribution is -1.97. The maximum atomic E-state index is 5.37. The number of hydrogen-bond acceptors (Lipinski definition) is 2. The molecule has 0 amide bonds. The van der Waals surface area contributed by atoms with Gasteiger partial charge >= 0.3 is 0 Å². The van der Waals surface area contributed by atoms with E-state index in [0.717, 1.165) is 6.61 Å². The van der Waals surface area contributed by atoms with E-state index in [0.29, 0.717) is 13.2 Å². The number of hydrogen-bond donors (Lipinski definition) is 1. The maximum absolute atomic E-state index is 5.37. The van der Waals surface area contributed by atoms with Crippen molar-refractivity contribution >= 4 is 0 Å². The van der Waals surface area contributed by atoms with Crippen LogP contribution >= 0.6 is 0 Å². The topological polar surface area (TPSA) is 35.2 Å². The molecule has 0 unspecified atom stereocenters. The summed E-state index contributed by atoms with van der Waals surface area (Å²) in [7, 11) is 0. The minimum atomic E-state index is 0.611. The van der Waals surface area contributed by atoms with Gasteiger partial charge in [-0.15, -0.1) is 0 Å². The predicted molar refractivity (Wildman–Crippen MR) is 57.8 cm³/mol. The summed E-state index contributed by atoms with van der Waals surface area (Å²) in [5, 5.41) is 0. The minimum absolute atomic E-state index is 0.611. The monoisotopic (exact) mass is 185 g/mol. The van der Waals surface area contributed by atoms with Crippen LogP contribution in [0.5, 0.6) is 0 Å². The summed E-state index contributed by atoms with van der Waals surface area (Å²) in [6, 6.07) is 0. The second-order valence-electron chi connectivity index (χ2n) is 3.20. The van der Waals surface area contributed by atoms with Crippen LogP contribution in [0.25, 0.3) is 0 Å². The van der Waals surface area contributed by atoms with Crippen molar-refractivity contribution in [1.29, 1.82) is 0 Å². The molecule has 0 heterocycles. The van der Waals surface area contributed by atoms with Crippen molar-refractivity contribution < 1.29 is 4.74 Å². The maximum Gasteiger partial charge on any atom is 0.0647 e. The van der Waals surface area contributed by atoms with Gasteiger partial charge in [-0.05, 0) is 6.42 Å². The van der Waals surface area contributed by atoms with Crippen LogP contribution in [-0.2, 0) is 4.74 Å². The average molecular weight is 185 g/mol. The van der Waals surface area contributed by atoms with Gasteiger partial charge in [0.1, 0.15) is 0 Å². The molecule has 0 aliphatic carbocycles. The Morgan fingerprint density at radius 1 is 1.08 bits per heavy atom. The molecule has 0 rings (SSSR count). The quantitative estimate of drug-likeness (QED) is 0.442. The summed E-state index contributed by atoms with van der Waals surface area (Å²) in [5.74, 6) is 0. The summed E-state index contributed by atoms with van der Waals surface area (Å²) >= 11 is 0. The van der Waals surface area contributed by atoms with Crippen LogP contribution in [0.15, 0.2) is 12.2 Å². The van der Waals surface area contributed by atoms with Gasteiger partial charge in [0.05, 0.1) is 6.61 Å². The molecule has 0 saturated heterocycles. The molecule has 2 heteroatoms. The van der Waals surface area contributed by atoms with E-state index >= 15 is 0 Å². The molecule has 0 radical (unpaired) electrons. The van der Waals surface area contributed by atoms with Crippen molar-refractivity contribution in [3.63, 3.8) is 0 Å². The van der Waals surface area contributed by atoms with Crippen molar-refractivity contribution in [1.82, 2.24) is 0 Å². The molecular formula is C11H23NO. The number of unbranched alkanes of at least 4 members (excludes halogenated alkanes) is 4. The molecule has 0 aliphatic rings. The second kappa shape index (κ2) is 11.7. The third-order valence-corrected chi connectivity index (χ3v) is 1.91. The molecule has 78 valence electrons. The third-order valence-electron chi connectivity index (χ3n) is 1.91. The van der Waals surface area contributed by atoms with E-state index in [1.165, 1.54) is 32.1 Å². The van der Waals surface area contributed by atoms with Crippen LogP contribution < -0.4 is 5.73 Å². The van der Waals surface area contributed by atoms with Crippen LogP contribution in [0.1, 0.15) is 39.0 Å². The van der Waals surface area contributed by atoms with Gasteiger partial charge in [-0.25, -0.2) is 0 Å². The largest absolute Gasteiger partial charge is 0.377 e. The molecule has 2 N–H and O–H groups in total. The molecule has 0 saturated carbocycles. The Bertz CT molecular complexity index is 113. The Kier molecular flexibility index (Phi) is 11.4. The first-order chi connectivity index (χ1) is 6.41. The summed E-state index contributed by atoms with van der Waals surface area (Å²) in [6.07, 6.45) is 10.4. The highest BCUT2D eigenvalue weighted by atomic mass is 16.5. The van der Waals surface area contributed by atoms with E-state index in [9.17, 15) is 0 Å². The van der Waals surface area contributed by atoms with Crippen molar-refractivity contribution in [3.05, 3.63) is 12.2 Å². The SMILES string of the molecule is CCCCCCCOCC=CCN. The van der Waals surface area contributed by atoms with Gasteiger partial charge in [0, 0.05) is 13.2 Å². The lowest BCUT2D eigenvalue weighted by molar-refractivity contribution is 0.157. The highest BCUT2D eigenvalue weighted by Crippen LogP contribution is 2.01. The summed E-state index contributed by atoms with van der Waals surface area (Å²) < 4.78 is 5.37. The molecule has 13 heavy (non-hydrogen) atoms. The van der Waals surface area contributed by atoms with Gasteiger partial charge in [0.25, 0.3) is 0 Å². The Morgan fingerprint density at radius 2 is 1.85 bits per heavy atom. The number of nitrogens with two attached hydrogens (primary N) is 1. The van der Waals surface area contributed by atoms with Gasteiger partial charge < -0.3 is 10.5 Å². The van der Waals surface area contributed by atoms with Crippen LogP contribution in [0.4, 0.5) is 0 Å². The molecule has 2 nitrogen and oxygen atoms in total. The molecule has 0 spiro atoms. The molecule has 0 atom stereocenters. The fraction of sp³-hybridized carbons (Fsp3) is 0.818. The minimum Gasteiger partial charge on any atom is -0.377 e. The molecule has 0 aromatic rings. The van der Waals surface area contributed by atoms with Crippen molar-refractivity contribution in [2.45, 2.75) is 39.0 Å². The zero-order valence-corrected chi connectivity index (χ0v) is 8.80. The molecule has 0 aromatic heterocycles. The van der Waals surface area contributed by atoms with Gasteiger partial charge in [-0.2, -0.15) is 0 Å². The van der Waals surface area contributed by atoms with Gasteiger partial charge in [0.15, 0.2) is 0 Å². The number of rotatable bonds is 9. The lowest BCUT2D eigenvalue weighted by Gasteiger charge is -2.00. The Balaban J connectivity index is 2.87. The van der Waals surface area contributed by atoms with Gasteiger partial charge in [-0.1, -0.05) is 44.8 Å². The first kappa shape index (κ1) is 12.7. The smallest absolute Gasteiger partial charge is 0.0647 e. The van der Waals surface area contributed by atoms with Crippen LogP contribution in [-0.4, -0.2) is 19.8 Å². The molecule has 0 aromatic carbocycles. The van der Waals surface area contributed by atoms with Crippen molar-refractivity contribution in [3.8, 4) is 0 Å². The fourth-order valence-corrected chi connectivity index (χ4v) is 1.12. The predicted octanol–water partition coefficient (Wildman–Crippen LogP) is 2.49. The summed E-state index contributed by atoms with van der Waals surface area (Å²) in [4.78, 5) is 0. The zero-order chi connectivity index (χ0) is 9.78. The molecular weight excluding hydrogens is 162 g/mol. The van der Waals surface area contributed by atoms with E-state index in [1.54, 1.807) is 0 Å². The molecule has 0 fully saturated rings.